The molecule has 0 aliphatic carbocycles. The van der Waals surface area contributed by atoms with E-state index in [2.05, 4.69) is 19.2 Å². The zero-order valence-corrected chi connectivity index (χ0v) is 15.5. The molecule has 0 atom stereocenters. The molecule has 0 aliphatic rings. The smallest absolute Gasteiger partial charge is 0.251 e. The van der Waals surface area contributed by atoms with Crippen molar-refractivity contribution in [2.24, 2.45) is 5.92 Å². The standard InChI is InChI=1S/C21H26FNO3/c1-4-25-20-13-17(7-10-19(20)26-14-15(2)3)21(24)23-12-11-16-5-8-18(22)9-6-16/h5-10,13,15H,4,11-12,14H2,1-3H3,(H,23,24). The van der Waals surface area contributed by atoms with Crippen molar-refractivity contribution < 1.29 is 18.7 Å². The summed E-state index contributed by atoms with van der Waals surface area (Å²) in [6.07, 6.45) is 0.639. The second-order valence-electron chi connectivity index (χ2n) is 6.43. The first-order chi connectivity index (χ1) is 12.5. The van der Waals surface area contributed by atoms with E-state index in [4.69, 9.17) is 9.47 Å². The molecule has 2 aromatic carbocycles. The summed E-state index contributed by atoms with van der Waals surface area (Å²) >= 11 is 0. The molecule has 0 fully saturated rings. The highest BCUT2D eigenvalue weighted by Gasteiger charge is 2.12. The van der Waals surface area contributed by atoms with Crippen molar-refractivity contribution in [3.63, 3.8) is 0 Å². The molecule has 0 radical (unpaired) electrons. The molecule has 2 aromatic rings. The third kappa shape index (κ3) is 6.06. The number of nitrogens with one attached hydrogen (secondary N) is 1. The largest absolute Gasteiger partial charge is 0.490 e. The number of amides is 1. The summed E-state index contributed by atoms with van der Waals surface area (Å²) in [5.74, 6) is 1.17. The first kappa shape index (κ1) is 19.8. The molecule has 0 aliphatic heterocycles. The second kappa shape index (κ2) is 9.80. The molecule has 1 N–H and O–H groups in total. The molecule has 0 saturated carbocycles. The lowest BCUT2D eigenvalue weighted by atomic mass is 10.1. The van der Waals surface area contributed by atoms with Gasteiger partial charge in [-0.05, 0) is 55.2 Å². The van der Waals surface area contributed by atoms with Gasteiger partial charge < -0.3 is 14.8 Å². The molecule has 26 heavy (non-hydrogen) atoms. The van der Waals surface area contributed by atoms with Crippen molar-refractivity contribution in [2.75, 3.05) is 19.8 Å². The summed E-state index contributed by atoms with van der Waals surface area (Å²) in [7, 11) is 0. The fourth-order valence-corrected chi connectivity index (χ4v) is 2.37. The van der Waals surface area contributed by atoms with Crippen LogP contribution in [0.5, 0.6) is 11.5 Å². The van der Waals surface area contributed by atoms with Crippen LogP contribution in [0, 0.1) is 11.7 Å². The molecular weight excluding hydrogens is 333 g/mol. The number of halogens is 1. The maximum atomic E-state index is 12.9. The Morgan fingerprint density at radius 1 is 1.08 bits per heavy atom. The van der Waals surface area contributed by atoms with Gasteiger partial charge in [-0.2, -0.15) is 0 Å². The van der Waals surface area contributed by atoms with Gasteiger partial charge >= 0.3 is 0 Å². The van der Waals surface area contributed by atoms with Crippen LogP contribution in [0.3, 0.4) is 0 Å². The molecule has 0 unspecified atom stereocenters. The van der Waals surface area contributed by atoms with E-state index in [1.165, 1.54) is 12.1 Å². The Bertz CT molecular complexity index is 714. The van der Waals surface area contributed by atoms with Crippen molar-refractivity contribution in [3.05, 3.63) is 59.4 Å². The molecule has 0 heterocycles. The van der Waals surface area contributed by atoms with Gasteiger partial charge in [-0.3, -0.25) is 4.79 Å². The van der Waals surface area contributed by atoms with Crippen LogP contribution in [-0.4, -0.2) is 25.7 Å². The summed E-state index contributed by atoms with van der Waals surface area (Å²) < 4.78 is 24.3. The number of benzene rings is 2. The Hall–Kier alpha value is -2.56. The Balaban J connectivity index is 1.96. The molecule has 4 nitrogen and oxygen atoms in total. The number of hydrogen-bond acceptors (Lipinski definition) is 3. The highest BCUT2D eigenvalue weighted by Crippen LogP contribution is 2.29. The van der Waals surface area contributed by atoms with Gasteiger partial charge in [0, 0.05) is 12.1 Å². The summed E-state index contributed by atoms with van der Waals surface area (Å²) in [6.45, 7) is 7.59. The minimum absolute atomic E-state index is 0.177. The predicted molar refractivity (Wildman–Crippen MR) is 100 cm³/mol. The molecule has 1 amide bonds. The SMILES string of the molecule is CCOc1cc(C(=O)NCCc2ccc(F)cc2)ccc1OCC(C)C. The summed E-state index contributed by atoms with van der Waals surface area (Å²) in [5, 5.41) is 2.87. The third-order valence-electron chi connectivity index (χ3n) is 3.69. The normalized spacial score (nSPS) is 10.7. The Morgan fingerprint density at radius 2 is 1.81 bits per heavy atom. The van der Waals surface area contributed by atoms with Crippen LogP contribution in [0.15, 0.2) is 42.5 Å². The number of carbonyl (C=O) groups excluding carboxylic acids is 1. The van der Waals surface area contributed by atoms with E-state index in [0.29, 0.717) is 49.2 Å². The molecule has 140 valence electrons. The minimum atomic E-state index is -0.263. The molecule has 0 saturated heterocycles. The van der Waals surface area contributed by atoms with Crippen LogP contribution in [0.2, 0.25) is 0 Å². The summed E-state index contributed by atoms with van der Waals surface area (Å²) in [4.78, 5) is 12.4. The Kier molecular flexibility index (Phi) is 7.45. The number of carbonyl (C=O) groups is 1. The van der Waals surface area contributed by atoms with Gasteiger partial charge in [-0.15, -0.1) is 0 Å². The number of rotatable bonds is 9. The second-order valence-corrected chi connectivity index (χ2v) is 6.43. The average Bonchev–Trinajstić information content (AvgIpc) is 2.62. The quantitative estimate of drug-likeness (QED) is 0.729. The lowest BCUT2D eigenvalue weighted by Gasteiger charge is -2.14. The third-order valence-corrected chi connectivity index (χ3v) is 3.69. The number of ether oxygens (including phenoxy) is 2. The molecular formula is C21H26FNO3. The summed E-state index contributed by atoms with van der Waals surface area (Å²) in [6, 6.07) is 11.5. The summed E-state index contributed by atoms with van der Waals surface area (Å²) in [5.41, 5.74) is 1.49. The lowest BCUT2D eigenvalue weighted by molar-refractivity contribution is 0.0953. The van der Waals surface area contributed by atoms with Crippen molar-refractivity contribution in [1.82, 2.24) is 5.32 Å². The minimum Gasteiger partial charge on any atom is -0.490 e. The predicted octanol–water partition coefficient (Wildman–Crippen LogP) is 4.23. The van der Waals surface area contributed by atoms with Crippen LogP contribution in [-0.2, 0) is 6.42 Å². The van der Waals surface area contributed by atoms with E-state index >= 15 is 0 Å². The number of hydrogen-bond donors (Lipinski definition) is 1. The van der Waals surface area contributed by atoms with Crippen LogP contribution in [0.1, 0.15) is 36.7 Å². The first-order valence-corrected chi connectivity index (χ1v) is 8.92. The molecule has 2 rings (SSSR count). The van der Waals surface area contributed by atoms with Crippen LogP contribution < -0.4 is 14.8 Å². The van der Waals surface area contributed by atoms with Crippen molar-refractivity contribution >= 4 is 5.91 Å². The zero-order valence-electron chi connectivity index (χ0n) is 15.5. The van der Waals surface area contributed by atoms with Crippen LogP contribution in [0.25, 0.3) is 0 Å². The van der Waals surface area contributed by atoms with Crippen LogP contribution in [0.4, 0.5) is 4.39 Å². The lowest BCUT2D eigenvalue weighted by Crippen LogP contribution is -2.25. The van der Waals surface area contributed by atoms with E-state index < -0.39 is 0 Å². The van der Waals surface area contributed by atoms with E-state index in [1.807, 2.05) is 6.92 Å². The molecule has 5 heteroatoms. The van der Waals surface area contributed by atoms with Gasteiger partial charge in [0.15, 0.2) is 11.5 Å². The molecule has 0 bridgehead atoms. The van der Waals surface area contributed by atoms with Crippen molar-refractivity contribution in [1.29, 1.82) is 0 Å². The van der Waals surface area contributed by atoms with E-state index in [-0.39, 0.29) is 11.7 Å². The van der Waals surface area contributed by atoms with Gasteiger partial charge in [0.2, 0.25) is 0 Å². The first-order valence-electron chi connectivity index (χ1n) is 8.92. The van der Waals surface area contributed by atoms with E-state index in [0.717, 1.165) is 5.56 Å². The maximum Gasteiger partial charge on any atom is 0.251 e. The van der Waals surface area contributed by atoms with Gasteiger partial charge in [-0.25, -0.2) is 4.39 Å². The van der Waals surface area contributed by atoms with Crippen LogP contribution >= 0.6 is 0 Å². The molecule has 0 spiro atoms. The van der Waals surface area contributed by atoms with Crippen molar-refractivity contribution in [3.8, 4) is 11.5 Å². The fraction of sp³-hybridized carbons (Fsp3) is 0.381. The average molecular weight is 359 g/mol. The van der Waals surface area contributed by atoms with Gasteiger partial charge in [0.1, 0.15) is 5.82 Å². The monoisotopic (exact) mass is 359 g/mol. The highest BCUT2D eigenvalue weighted by molar-refractivity contribution is 5.94. The topological polar surface area (TPSA) is 47.6 Å². The van der Waals surface area contributed by atoms with Crippen molar-refractivity contribution in [2.45, 2.75) is 27.2 Å². The van der Waals surface area contributed by atoms with E-state index in [1.54, 1.807) is 30.3 Å². The van der Waals surface area contributed by atoms with E-state index in [9.17, 15) is 9.18 Å². The Labute approximate surface area is 154 Å². The van der Waals surface area contributed by atoms with Gasteiger partial charge in [-0.1, -0.05) is 26.0 Å². The highest BCUT2D eigenvalue weighted by atomic mass is 19.1. The Morgan fingerprint density at radius 3 is 2.46 bits per heavy atom. The molecule has 0 aromatic heterocycles. The van der Waals surface area contributed by atoms with Gasteiger partial charge in [0.25, 0.3) is 5.91 Å². The fourth-order valence-electron chi connectivity index (χ4n) is 2.37. The maximum absolute atomic E-state index is 12.9. The van der Waals surface area contributed by atoms with Gasteiger partial charge in [0.05, 0.1) is 13.2 Å². The zero-order chi connectivity index (χ0) is 18.9.